The van der Waals surface area contributed by atoms with Crippen molar-refractivity contribution in [1.82, 2.24) is 15.2 Å². The molecule has 1 aliphatic carbocycles. The molecule has 6 heteroatoms. The summed E-state index contributed by atoms with van der Waals surface area (Å²) >= 11 is 0. The lowest BCUT2D eigenvalue weighted by atomic mass is 10.1. The summed E-state index contributed by atoms with van der Waals surface area (Å²) in [7, 11) is -3.25. The van der Waals surface area contributed by atoms with Crippen LogP contribution in [0.2, 0.25) is 0 Å². The summed E-state index contributed by atoms with van der Waals surface area (Å²) in [5, 5.41) is 5.96. The Morgan fingerprint density at radius 2 is 2.14 bits per heavy atom. The molecule has 1 saturated carbocycles. The van der Waals surface area contributed by atoms with Crippen molar-refractivity contribution in [3.63, 3.8) is 0 Å². The van der Waals surface area contributed by atoms with Crippen molar-refractivity contribution < 1.29 is 8.42 Å². The van der Waals surface area contributed by atoms with Crippen molar-refractivity contribution in [1.29, 1.82) is 0 Å². The molecular weight excluding hydrogens is 202 g/mol. The summed E-state index contributed by atoms with van der Waals surface area (Å²) < 4.78 is 23.4. The van der Waals surface area contributed by atoms with Crippen LogP contribution in [0.1, 0.15) is 25.7 Å². The number of hydrogen-bond donors (Lipinski definition) is 1. The highest BCUT2D eigenvalue weighted by atomic mass is 32.2. The van der Waals surface area contributed by atoms with Crippen LogP contribution >= 0.6 is 0 Å². The molecule has 2 rings (SSSR count). The van der Waals surface area contributed by atoms with E-state index in [1.54, 1.807) is 0 Å². The lowest BCUT2D eigenvalue weighted by molar-refractivity contribution is 0.552. The summed E-state index contributed by atoms with van der Waals surface area (Å²) in [4.78, 5) is 3.68. The van der Waals surface area contributed by atoms with Gasteiger partial charge in [-0.15, -0.1) is 5.10 Å². The highest BCUT2D eigenvalue weighted by Crippen LogP contribution is 2.27. The quantitative estimate of drug-likeness (QED) is 0.808. The number of aromatic amines is 1. The summed E-state index contributed by atoms with van der Waals surface area (Å²) in [5.41, 5.74) is 0. The predicted octanol–water partition coefficient (Wildman–Crippen LogP) is 0.769. The fourth-order valence-corrected chi connectivity index (χ4v) is 3.42. The van der Waals surface area contributed by atoms with Crippen LogP contribution in [-0.4, -0.2) is 29.4 Å². The Hall–Kier alpha value is -0.910. The minimum absolute atomic E-state index is 0.0654. The first-order chi connectivity index (χ1) is 6.68. The molecule has 0 spiro atoms. The highest BCUT2D eigenvalue weighted by molar-refractivity contribution is 7.91. The Balaban J connectivity index is 2.09. The maximum Gasteiger partial charge on any atom is 0.266 e. The van der Waals surface area contributed by atoms with E-state index in [-0.39, 0.29) is 10.9 Å². The van der Waals surface area contributed by atoms with Crippen LogP contribution in [0.4, 0.5) is 0 Å². The van der Waals surface area contributed by atoms with Gasteiger partial charge in [0.15, 0.2) is 0 Å². The van der Waals surface area contributed by atoms with Crippen LogP contribution in [0.25, 0.3) is 0 Å². The minimum Gasteiger partial charge on any atom is -0.265 e. The zero-order chi connectivity index (χ0) is 10.0. The van der Waals surface area contributed by atoms with Gasteiger partial charge < -0.3 is 0 Å². The molecule has 5 nitrogen and oxygen atoms in total. The third-order valence-electron chi connectivity index (χ3n) is 2.60. The van der Waals surface area contributed by atoms with E-state index in [1.807, 2.05) is 0 Å². The van der Waals surface area contributed by atoms with E-state index in [9.17, 15) is 8.42 Å². The van der Waals surface area contributed by atoms with Crippen molar-refractivity contribution in [2.45, 2.75) is 30.8 Å². The number of H-pyrrole nitrogens is 1. The lowest BCUT2D eigenvalue weighted by Gasteiger charge is -2.06. The third-order valence-corrected chi connectivity index (χ3v) is 4.26. The number of hydrogen-bond acceptors (Lipinski definition) is 4. The second kappa shape index (κ2) is 3.68. The first kappa shape index (κ1) is 9.64. The monoisotopic (exact) mass is 215 g/mol. The Labute approximate surface area is 82.9 Å². The molecule has 78 valence electrons. The molecule has 0 bridgehead atoms. The van der Waals surface area contributed by atoms with Crippen molar-refractivity contribution in [3.8, 4) is 0 Å². The van der Waals surface area contributed by atoms with Crippen LogP contribution in [0.15, 0.2) is 11.5 Å². The van der Waals surface area contributed by atoms with Gasteiger partial charge in [0, 0.05) is 0 Å². The molecule has 0 radical (unpaired) electrons. The van der Waals surface area contributed by atoms with E-state index in [0.29, 0.717) is 5.92 Å². The first-order valence-electron chi connectivity index (χ1n) is 4.77. The van der Waals surface area contributed by atoms with Crippen molar-refractivity contribution in [2.24, 2.45) is 5.92 Å². The third kappa shape index (κ3) is 1.95. The Kier molecular flexibility index (Phi) is 2.54. The molecular formula is C8H13N3O2S. The van der Waals surface area contributed by atoms with Crippen molar-refractivity contribution in [2.75, 3.05) is 5.75 Å². The molecule has 14 heavy (non-hydrogen) atoms. The van der Waals surface area contributed by atoms with Gasteiger partial charge in [0.25, 0.3) is 5.16 Å². The number of aromatic nitrogens is 3. The average molecular weight is 215 g/mol. The smallest absolute Gasteiger partial charge is 0.265 e. The van der Waals surface area contributed by atoms with Crippen LogP contribution in [0.3, 0.4) is 0 Å². The van der Waals surface area contributed by atoms with Gasteiger partial charge in [-0.05, 0) is 18.8 Å². The SMILES string of the molecule is O=S(=O)(CC1CCCC1)c1nc[nH]n1. The standard InChI is InChI=1S/C8H13N3O2S/c12-14(13,8-9-6-10-11-8)5-7-3-1-2-4-7/h6-7H,1-5H2,(H,9,10,11). The van der Waals surface area contributed by atoms with Gasteiger partial charge >= 0.3 is 0 Å². The Bertz CT molecular complexity index is 379. The van der Waals surface area contributed by atoms with E-state index >= 15 is 0 Å². The fraction of sp³-hybridized carbons (Fsp3) is 0.750. The number of sulfone groups is 1. The largest absolute Gasteiger partial charge is 0.266 e. The predicted molar refractivity (Wildman–Crippen MR) is 50.4 cm³/mol. The van der Waals surface area contributed by atoms with Crippen molar-refractivity contribution >= 4 is 9.84 Å². The Morgan fingerprint density at radius 1 is 1.43 bits per heavy atom. The Morgan fingerprint density at radius 3 is 2.71 bits per heavy atom. The maximum absolute atomic E-state index is 11.7. The van der Waals surface area contributed by atoms with Crippen molar-refractivity contribution in [3.05, 3.63) is 6.33 Å². The van der Waals surface area contributed by atoms with Gasteiger partial charge in [-0.2, -0.15) is 0 Å². The minimum atomic E-state index is -3.25. The second-order valence-corrected chi connectivity index (χ2v) is 5.64. The highest BCUT2D eigenvalue weighted by Gasteiger charge is 2.26. The van der Waals surface area contributed by atoms with Gasteiger partial charge in [0.05, 0.1) is 5.75 Å². The molecule has 0 atom stereocenters. The van der Waals surface area contributed by atoms with Gasteiger partial charge in [-0.25, -0.2) is 13.4 Å². The van der Waals surface area contributed by atoms with E-state index < -0.39 is 9.84 Å². The summed E-state index contributed by atoms with van der Waals surface area (Å²) in [6.07, 6.45) is 5.62. The summed E-state index contributed by atoms with van der Waals surface area (Å²) in [6.45, 7) is 0. The summed E-state index contributed by atoms with van der Waals surface area (Å²) in [5.74, 6) is 0.503. The second-order valence-electron chi connectivity index (χ2n) is 3.71. The van der Waals surface area contributed by atoms with Gasteiger partial charge in [0.1, 0.15) is 6.33 Å². The van der Waals surface area contributed by atoms with Crippen LogP contribution in [-0.2, 0) is 9.84 Å². The normalized spacial score (nSPS) is 18.9. The molecule has 0 saturated heterocycles. The molecule has 1 N–H and O–H groups in total. The molecule has 1 heterocycles. The lowest BCUT2D eigenvalue weighted by Crippen LogP contribution is -2.15. The topological polar surface area (TPSA) is 75.7 Å². The molecule has 0 unspecified atom stereocenters. The van der Waals surface area contributed by atoms with E-state index in [2.05, 4.69) is 15.2 Å². The van der Waals surface area contributed by atoms with Gasteiger partial charge in [-0.3, -0.25) is 5.10 Å². The molecule has 0 aromatic carbocycles. The number of nitrogens with one attached hydrogen (secondary N) is 1. The number of nitrogens with zero attached hydrogens (tertiary/aromatic N) is 2. The molecule has 1 aromatic heterocycles. The fourth-order valence-electron chi connectivity index (χ4n) is 1.91. The first-order valence-corrected chi connectivity index (χ1v) is 6.42. The average Bonchev–Trinajstić information content (AvgIpc) is 2.71. The zero-order valence-corrected chi connectivity index (χ0v) is 8.63. The molecule has 1 aliphatic rings. The molecule has 1 fully saturated rings. The van der Waals surface area contributed by atoms with Crippen LogP contribution in [0, 0.1) is 5.92 Å². The van der Waals surface area contributed by atoms with E-state index in [1.165, 1.54) is 6.33 Å². The van der Waals surface area contributed by atoms with Crippen LogP contribution in [0.5, 0.6) is 0 Å². The van der Waals surface area contributed by atoms with E-state index in [4.69, 9.17) is 0 Å². The van der Waals surface area contributed by atoms with Gasteiger partial charge in [-0.1, -0.05) is 12.8 Å². The van der Waals surface area contributed by atoms with Crippen LogP contribution < -0.4 is 0 Å². The molecule has 0 aliphatic heterocycles. The molecule has 1 aromatic rings. The van der Waals surface area contributed by atoms with Gasteiger partial charge in [0.2, 0.25) is 9.84 Å². The van der Waals surface area contributed by atoms with E-state index in [0.717, 1.165) is 25.7 Å². The maximum atomic E-state index is 11.7. The zero-order valence-electron chi connectivity index (χ0n) is 7.81. The molecule has 0 amide bonds. The number of rotatable bonds is 3. The summed E-state index contributed by atoms with van der Waals surface area (Å²) in [6, 6.07) is 0.